The highest BCUT2D eigenvalue weighted by Gasteiger charge is 2.09. The van der Waals surface area contributed by atoms with Crippen molar-refractivity contribution < 1.29 is 4.79 Å². The van der Waals surface area contributed by atoms with Crippen LogP contribution in [0.2, 0.25) is 0 Å². The molecule has 3 nitrogen and oxygen atoms in total. The molecule has 1 aromatic carbocycles. The van der Waals surface area contributed by atoms with Gasteiger partial charge in [-0.3, -0.25) is 4.79 Å². The Morgan fingerprint density at radius 2 is 2.32 bits per heavy atom. The van der Waals surface area contributed by atoms with Gasteiger partial charge in [-0.25, -0.2) is 4.98 Å². The summed E-state index contributed by atoms with van der Waals surface area (Å²) in [6, 6.07) is 5.40. The second kappa shape index (κ2) is 6.54. The lowest BCUT2D eigenvalue weighted by Crippen LogP contribution is -2.26. The normalized spacial score (nSPS) is 10.5. The number of hydrogen-bond acceptors (Lipinski definition) is 4. The lowest BCUT2D eigenvalue weighted by molar-refractivity contribution is 0.0951. The predicted octanol–water partition coefficient (Wildman–Crippen LogP) is 3.48. The summed E-state index contributed by atoms with van der Waals surface area (Å²) < 4.78 is 0.909. The van der Waals surface area contributed by atoms with Gasteiger partial charge < -0.3 is 5.32 Å². The van der Waals surface area contributed by atoms with E-state index in [-0.39, 0.29) is 5.91 Å². The summed E-state index contributed by atoms with van der Waals surface area (Å²) in [6.45, 7) is 2.55. The number of aromatic nitrogens is 1. The van der Waals surface area contributed by atoms with Gasteiger partial charge in [0.1, 0.15) is 0 Å². The van der Waals surface area contributed by atoms with Gasteiger partial charge in [-0.1, -0.05) is 15.9 Å². The molecule has 2 rings (SSSR count). The summed E-state index contributed by atoms with van der Waals surface area (Å²) in [5.41, 5.74) is 1.60. The van der Waals surface area contributed by atoms with Crippen LogP contribution in [0.4, 0.5) is 0 Å². The number of benzene rings is 1. The van der Waals surface area contributed by atoms with E-state index in [0.29, 0.717) is 17.0 Å². The third-order valence-corrected chi connectivity index (χ3v) is 4.22. The highest BCUT2D eigenvalue weighted by molar-refractivity contribution is 9.10. The average Bonchev–Trinajstić information content (AvgIpc) is 2.75. The van der Waals surface area contributed by atoms with E-state index < -0.39 is 0 Å². The third-order valence-electron chi connectivity index (χ3n) is 2.54. The number of thiazole rings is 1. The van der Waals surface area contributed by atoms with Crippen LogP contribution in [0.25, 0.3) is 0 Å². The number of amides is 1. The fourth-order valence-electron chi connectivity index (χ4n) is 1.62. The number of carbonyl (C=O) groups is 1. The molecule has 0 atom stereocenters. The van der Waals surface area contributed by atoms with Crippen LogP contribution in [0.3, 0.4) is 0 Å². The maximum absolute atomic E-state index is 12.0. The monoisotopic (exact) mass is 356 g/mol. The third kappa shape index (κ3) is 4.06. The molecule has 0 aliphatic carbocycles. The van der Waals surface area contributed by atoms with Crippen LogP contribution in [-0.4, -0.2) is 17.4 Å². The Kier molecular flexibility index (Phi) is 5.01. The van der Waals surface area contributed by atoms with E-state index in [9.17, 15) is 4.79 Å². The van der Waals surface area contributed by atoms with Crippen molar-refractivity contribution >= 4 is 45.8 Å². The van der Waals surface area contributed by atoms with Crippen molar-refractivity contribution in [2.75, 3.05) is 6.54 Å². The summed E-state index contributed by atoms with van der Waals surface area (Å²) in [4.78, 5) is 17.0. The van der Waals surface area contributed by atoms with E-state index in [2.05, 4.69) is 38.9 Å². The molecule has 19 heavy (non-hydrogen) atoms. The number of thiol groups is 1. The molecular weight excluding hydrogens is 344 g/mol. The minimum atomic E-state index is -0.107. The second-order valence-electron chi connectivity index (χ2n) is 4.03. The predicted molar refractivity (Wildman–Crippen MR) is 84.3 cm³/mol. The van der Waals surface area contributed by atoms with Gasteiger partial charge in [0, 0.05) is 27.7 Å². The first-order valence-electron chi connectivity index (χ1n) is 5.74. The molecule has 0 aliphatic rings. The minimum Gasteiger partial charge on any atom is -0.352 e. The van der Waals surface area contributed by atoms with Crippen molar-refractivity contribution in [2.24, 2.45) is 0 Å². The summed E-state index contributed by atoms with van der Waals surface area (Å²) in [7, 11) is 0. The standard InChI is InChI=1S/C13H13BrN2OS2/c1-8-16-10(7-19-8)4-5-15-13(17)11-3-2-9(14)6-12(11)18/h2-3,6-7,18H,4-5H2,1H3,(H,15,17). The molecule has 0 saturated heterocycles. The maximum Gasteiger partial charge on any atom is 0.252 e. The molecule has 6 heteroatoms. The van der Waals surface area contributed by atoms with Crippen molar-refractivity contribution in [3.8, 4) is 0 Å². The van der Waals surface area contributed by atoms with Gasteiger partial charge in [0.15, 0.2) is 0 Å². The first-order chi connectivity index (χ1) is 9.06. The van der Waals surface area contributed by atoms with E-state index in [0.717, 1.165) is 21.6 Å². The van der Waals surface area contributed by atoms with Crippen molar-refractivity contribution in [2.45, 2.75) is 18.2 Å². The van der Waals surface area contributed by atoms with E-state index >= 15 is 0 Å². The van der Waals surface area contributed by atoms with Crippen molar-refractivity contribution in [3.05, 3.63) is 44.3 Å². The molecule has 1 amide bonds. The van der Waals surface area contributed by atoms with E-state index in [1.54, 1.807) is 17.4 Å². The molecule has 0 fully saturated rings. The Bertz CT molecular complexity index is 598. The highest BCUT2D eigenvalue weighted by atomic mass is 79.9. The summed E-state index contributed by atoms with van der Waals surface area (Å²) in [6.07, 6.45) is 0.745. The number of nitrogens with one attached hydrogen (secondary N) is 1. The first kappa shape index (κ1) is 14.6. The molecule has 0 spiro atoms. The van der Waals surface area contributed by atoms with E-state index in [1.807, 2.05) is 24.4 Å². The van der Waals surface area contributed by atoms with Crippen molar-refractivity contribution in [3.63, 3.8) is 0 Å². The zero-order valence-corrected chi connectivity index (χ0v) is 13.6. The largest absolute Gasteiger partial charge is 0.352 e. The topological polar surface area (TPSA) is 42.0 Å². The van der Waals surface area contributed by atoms with Crippen LogP contribution in [0.5, 0.6) is 0 Å². The molecule has 100 valence electrons. The Morgan fingerprint density at radius 3 is 2.95 bits per heavy atom. The van der Waals surface area contributed by atoms with Crippen molar-refractivity contribution in [1.82, 2.24) is 10.3 Å². The van der Waals surface area contributed by atoms with Crippen LogP contribution in [0.15, 0.2) is 32.9 Å². The van der Waals surface area contributed by atoms with Crippen LogP contribution < -0.4 is 5.32 Å². The SMILES string of the molecule is Cc1nc(CCNC(=O)c2ccc(Br)cc2S)cs1. The van der Waals surface area contributed by atoms with E-state index in [1.165, 1.54) is 0 Å². The van der Waals surface area contributed by atoms with Crippen LogP contribution in [0, 0.1) is 6.92 Å². The summed E-state index contributed by atoms with van der Waals surface area (Å²) >= 11 is 9.27. The minimum absolute atomic E-state index is 0.107. The number of nitrogens with zero attached hydrogens (tertiary/aromatic N) is 1. The lowest BCUT2D eigenvalue weighted by Gasteiger charge is -2.06. The molecule has 1 heterocycles. The molecule has 0 unspecified atom stereocenters. The fourth-order valence-corrected chi connectivity index (χ4v) is 3.12. The van der Waals surface area contributed by atoms with Gasteiger partial charge >= 0.3 is 0 Å². The fraction of sp³-hybridized carbons (Fsp3) is 0.231. The quantitative estimate of drug-likeness (QED) is 0.823. The molecule has 1 N–H and O–H groups in total. The maximum atomic E-state index is 12.0. The zero-order chi connectivity index (χ0) is 13.8. The van der Waals surface area contributed by atoms with Gasteiger partial charge in [0.05, 0.1) is 16.3 Å². The van der Waals surface area contributed by atoms with Crippen LogP contribution in [0.1, 0.15) is 21.1 Å². The molecule has 0 radical (unpaired) electrons. The van der Waals surface area contributed by atoms with Crippen molar-refractivity contribution in [1.29, 1.82) is 0 Å². The van der Waals surface area contributed by atoms with Gasteiger partial charge in [-0.2, -0.15) is 0 Å². The van der Waals surface area contributed by atoms with Gasteiger partial charge in [-0.05, 0) is 25.1 Å². The summed E-state index contributed by atoms with van der Waals surface area (Å²) in [5, 5.41) is 5.95. The molecule has 1 aromatic heterocycles. The zero-order valence-electron chi connectivity index (χ0n) is 10.3. The number of aryl methyl sites for hydroxylation is 1. The van der Waals surface area contributed by atoms with Gasteiger partial charge in [0.25, 0.3) is 5.91 Å². The Morgan fingerprint density at radius 1 is 1.53 bits per heavy atom. The smallest absolute Gasteiger partial charge is 0.252 e. The molecule has 0 aliphatic heterocycles. The van der Waals surface area contributed by atoms with Gasteiger partial charge in [-0.15, -0.1) is 24.0 Å². The van der Waals surface area contributed by atoms with E-state index in [4.69, 9.17) is 0 Å². The average molecular weight is 357 g/mol. The Labute approximate surface area is 130 Å². The molecular formula is C13H13BrN2OS2. The van der Waals surface area contributed by atoms with Crippen LogP contribution in [-0.2, 0) is 6.42 Å². The Hall–Kier alpha value is -0.850. The molecule has 0 saturated carbocycles. The summed E-state index contributed by atoms with van der Waals surface area (Å²) in [5.74, 6) is -0.107. The number of halogens is 1. The highest BCUT2D eigenvalue weighted by Crippen LogP contribution is 2.19. The number of carbonyl (C=O) groups excluding carboxylic acids is 1. The van der Waals surface area contributed by atoms with Gasteiger partial charge in [0.2, 0.25) is 0 Å². The molecule has 2 aromatic rings. The van der Waals surface area contributed by atoms with Crippen LogP contribution >= 0.6 is 39.9 Å². The Balaban J connectivity index is 1.90. The molecule has 0 bridgehead atoms. The number of hydrogen-bond donors (Lipinski definition) is 2. The second-order valence-corrected chi connectivity index (χ2v) is 6.48. The number of rotatable bonds is 4. The lowest BCUT2D eigenvalue weighted by atomic mass is 10.2. The first-order valence-corrected chi connectivity index (χ1v) is 7.86.